The highest BCUT2D eigenvalue weighted by molar-refractivity contribution is 5.22. The van der Waals surface area contributed by atoms with Crippen molar-refractivity contribution in [3.05, 3.63) is 23.9 Å². The Morgan fingerprint density at radius 3 is 2.71 bits per heavy atom. The second-order valence-electron chi connectivity index (χ2n) is 5.61. The standard InChI is InChI=1S/C15H24N2/c1-2-7-14(8-3-1)17-12-6-9-15(17)13-16-10-4-5-11-16/h2,7-8,15H,1,3-6,9-13H2/t15-/m0/s1. The summed E-state index contributed by atoms with van der Waals surface area (Å²) >= 11 is 0. The number of rotatable bonds is 3. The molecule has 2 saturated heterocycles. The van der Waals surface area contributed by atoms with Gasteiger partial charge in [0.15, 0.2) is 0 Å². The normalized spacial score (nSPS) is 30.0. The van der Waals surface area contributed by atoms with Crippen molar-refractivity contribution in [3.8, 4) is 0 Å². The number of likely N-dealkylation sites (tertiary alicyclic amines) is 2. The first-order chi connectivity index (χ1) is 8.43. The van der Waals surface area contributed by atoms with E-state index in [0.717, 1.165) is 6.04 Å². The zero-order valence-electron chi connectivity index (χ0n) is 10.8. The molecule has 2 aliphatic heterocycles. The molecule has 0 bridgehead atoms. The van der Waals surface area contributed by atoms with Gasteiger partial charge in [-0.2, -0.15) is 0 Å². The summed E-state index contributed by atoms with van der Waals surface area (Å²) in [5.41, 5.74) is 1.50. The van der Waals surface area contributed by atoms with E-state index >= 15 is 0 Å². The maximum absolute atomic E-state index is 2.66. The summed E-state index contributed by atoms with van der Waals surface area (Å²) in [6.07, 6.45) is 15.2. The third-order valence-electron chi connectivity index (χ3n) is 4.35. The summed E-state index contributed by atoms with van der Waals surface area (Å²) in [5, 5.41) is 0. The van der Waals surface area contributed by atoms with E-state index in [0.29, 0.717) is 0 Å². The topological polar surface area (TPSA) is 6.48 Å². The Morgan fingerprint density at radius 2 is 1.94 bits per heavy atom. The SMILES string of the molecule is C1=CC(N2CCC[C@H]2CN2CCCC2)=CCC1. The van der Waals surface area contributed by atoms with Gasteiger partial charge < -0.3 is 9.80 Å². The predicted octanol–water partition coefficient (Wildman–Crippen LogP) is 2.78. The Kier molecular flexibility index (Phi) is 3.51. The highest BCUT2D eigenvalue weighted by Crippen LogP contribution is 2.26. The summed E-state index contributed by atoms with van der Waals surface area (Å²) < 4.78 is 0. The molecular weight excluding hydrogens is 208 g/mol. The lowest BCUT2D eigenvalue weighted by atomic mass is 10.1. The largest absolute Gasteiger partial charge is 0.368 e. The number of hydrogen-bond donors (Lipinski definition) is 0. The van der Waals surface area contributed by atoms with E-state index in [-0.39, 0.29) is 0 Å². The molecule has 17 heavy (non-hydrogen) atoms. The summed E-state index contributed by atoms with van der Waals surface area (Å²) in [7, 11) is 0. The highest BCUT2D eigenvalue weighted by atomic mass is 15.2. The molecule has 2 heterocycles. The van der Waals surface area contributed by atoms with Crippen molar-refractivity contribution in [2.24, 2.45) is 0 Å². The Hall–Kier alpha value is -0.760. The van der Waals surface area contributed by atoms with Gasteiger partial charge >= 0.3 is 0 Å². The van der Waals surface area contributed by atoms with Gasteiger partial charge in [0.1, 0.15) is 0 Å². The second kappa shape index (κ2) is 5.26. The van der Waals surface area contributed by atoms with Crippen LogP contribution in [0.25, 0.3) is 0 Å². The van der Waals surface area contributed by atoms with E-state index in [4.69, 9.17) is 0 Å². The average molecular weight is 232 g/mol. The van der Waals surface area contributed by atoms with Gasteiger partial charge in [-0.15, -0.1) is 0 Å². The monoisotopic (exact) mass is 232 g/mol. The van der Waals surface area contributed by atoms with E-state index in [1.807, 2.05) is 0 Å². The van der Waals surface area contributed by atoms with E-state index in [1.165, 1.54) is 70.4 Å². The van der Waals surface area contributed by atoms with Crippen LogP contribution in [0, 0.1) is 0 Å². The molecule has 0 spiro atoms. The molecule has 1 atom stereocenters. The van der Waals surface area contributed by atoms with Crippen molar-refractivity contribution in [3.63, 3.8) is 0 Å². The first-order valence-electron chi connectivity index (χ1n) is 7.29. The van der Waals surface area contributed by atoms with Crippen LogP contribution in [-0.2, 0) is 0 Å². The van der Waals surface area contributed by atoms with E-state index in [1.54, 1.807) is 0 Å². The molecule has 0 unspecified atom stereocenters. The molecule has 0 N–H and O–H groups in total. The maximum atomic E-state index is 2.66. The van der Waals surface area contributed by atoms with Crippen molar-refractivity contribution in [1.82, 2.24) is 9.80 Å². The van der Waals surface area contributed by atoms with Gasteiger partial charge in [-0.25, -0.2) is 0 Å². The third kappa shape index (κ3) is 2.57. The van der Waals surface area contributed by atoms with Crippen LogP contribution in [0.3, 0.4) is 0 Å². The van der Waals surface area contributed by atoms with Crippen LogP contribution >= 0.6 is 0 Å². The molecule has 0 aromatic heterocycles. The minimum Gasteiger partial charge on any atom is -0.368 e. The van der Waals surface area contributed by atoms with Gasteiger partial charge in [-0.1, -0.05) is 12.2 Å². The summed E-state index contributed by atoms with van der Waals surface area (Å²) in [6.45, 7) is 5.23. The zero-order valence-corrected chi connectivity index (χ0v) is 10.8. The van der Waals surface area contributed by atoms with Gasteiger partial charge in [0.2, 0.25) is 0 Å². The molecule has 0 radical (unpaired) electrons. The smallest absolute Gasteiger partial charge is 0.0417 e. The minimum absolute atomic E-state index is 0.780. The Bertz CT molecular complexity index is 313. The summed E-state index contributed by atoms with van der Waals surface area (Å²) in [4.78, 5) is 5.32. The summed E-state index contributed by atoms with van der Waals surface area (Å²) in [6, 6.07) is 0.780. The van der Waals surface area contributed by atoms with E-state index < -0.39 is 0 Å². The van der Waals surface area contributed by atoms with Gasteiger partial charge in [0.05, 0.1) is 0 Å². The van der Waals surface area contributed by atoms with Gasteiger partial charge in [-0.3, -0.25) is 0 Å². The van der Waals surface area contributed by atoms with Crippen LogP contribution in [0.5, 0.6) is 0 Å². The molecule has 2 heteroatoms. The van der Waals surface area contributed by atoms with Crippen molar-refractivity contribution in [2.45, 2.75) is 44.6 Å². The van der Waals surface area contributed by atoms with Gasteiger partial charge in [0, 0.05) is 24.8 Å². The molecular formula is C15H24N2. The van der Waals surface area contributed by atoms with Crippen LogP contribution in [0.15, 0.2) is 23.9 Å². The first kappa shape index (κ1) is 11.3. The van der Waals surface area contributed by atoms with Crippen LogP contribution < -0.4 is 0 Å². The molecule has 2 fully saturated rings. The number of nitrogens with zero attached hydrogens (tertiary/aromatic N) is 2. The fourth-order valence-corrected chi connectivity index (χ4v) is 3.44. The lowest BCUT2D eigenvalue weighted by Crippen LogP contribution is -2.38. The number of hydrogen-bond acceptors (Lipinski definition) is 2. The lowest BCUT2D eigenvalue weighted by Gasteiger charge is -2.31. The van der Waals surface area contributed by atoms with Crippen LogP contribution in [-0.4, -0.2) is 42.0 Å². The highest BCUT2D eigenvalue weighted by Gasteiger charge is 2.28. The van der Waals surface area contributed by atoms with E-state index in [9.17, 15) is 0 Å². The molecule has 0 aromatic rings. The lowest BCUT2D eigenvalue weighted by molar-refractivity contribution is 0.228. The van der Waals surface area contributed by atoms with Crippen LogP contribution in [0.2, 0.25) is 0 Å². The molecule has 1 aliphatic carbocycles. The predicted molar refractivity (Wildman–Crippen MR) is 71.9 cm³/mol. The molecule has 2 nitrogen and oxygen atoms in total. The molecule has 3 rings (SSSR count). The average Bonchev–Trinajstić information content (AvgIpc) is 3.02. The Balaban J connectivity index is 1.62. The van der Waals surface area contributed by atoms with Crippen molar-refractivity contribution in [2.75, 3.05) is 26.2 Å². The molecule has 94 valence electrons. The molecule has 0 aromatic carbocycles. The van der Waals surface area contributed by atoms with Crippen molar-refractivity contribution in [1.29, 1.82) is 0 Å². The molecule has 3 aliphatic rings. The van der Waals surface area contributed by atoms with Crippen molar-refractivity contribution < 1.29 is 0 Å². The first-order valence-corrected chi connectivity index (χ1v) is 7.29. The van der Waals surface area contributed by atoms with Crippen LogP contribution in [0.4, 0.5) is 0 Å². The Labute approximate surface area is 105 Å². The minimum atomic E-state index is 0.780. The van der Waals surface area contributed by atoms with Gasteiger partial charge in [-0.05, 0) is 57.7 Å². The van der Waals surface area contributed by atoms with Crippen LogP contribution in [0.1, 0.15) is 38.5 Å². The maximum Gasteiger partial charge on any atom is 0.0417 e. The zero-order chi connectivity index (χ0) is 11.5. The van der Waals surface area contributed by atoms with Gasteiger partial charge in [0.25, 0.3) is 0 Å². The second-order valence-corrected chi connectivity index (χ2v) is 5.61. The van der Waals surface area contributed by atoms with E-state index in [2.05, 4.69) is 28.0 Å². The quantitative estimate of drug-likeness (QED) is 0.738. The summed E-state index contributed by atoms with van der Waals surface area (Å²) in [5.74, 6) is 0. The Morgan fingerprint density at radius 1 is 1.06 bits per heavy atom. The molecule has 0 saturated carbocycles. The third-order valence-corrected chi connectivity index (χ3v) is 4.35. The number of allylic oxidation sites excluding steroid dienone is 3. The molecule has 0 amide bonds. The fraction of sp³-hybridized carbons (Fsp3) is 0.733. The van der Waals surface area contributed by atoms with Crippen molar-refractivity contribution >= 4 is 0 Å². The fourth-order valence-electron chi connectivity index (χ4n) is 3.44.